The van der Waals surface area contributed by atoms with Gasteiger partial charge in [-0.3, -0.25) is 0 Å². The van der Waals surface area contributed by atoms with Gasteiger partial charge in [0.2, 0.25) is 5.88 Å². The molecule has 0 aliphatic rings. The van der Waals surface area contributed by atoms with Gasteiger partial charge in [-0.15, -0.1) is 11.3 Å². The number of nitrogens with zero attached hydrogens (tertiary/aromatic N) is 2. The van der Waals surface area contributed by atoms with Crippen LogP contribution in [0.2, 0.25) is 0 Å². The van der Waals surface area contributed by atoms with Crippen molar-refractivity contribution in [3.05, 3.63) is 77.9 Å². The summed E-state index contributed by atoms with van der Waals surface area (Å²) in [6, 6.07) is 16.4. The van der Waals surface area contributed by atoms with E-state index in [1.165, 1.54) is 11.9 Å². The molecule has 0 bridgehead atoms. The van der Waals surface area contributed by atoms with Gasteiger partial charge >= 0.3 is 0 Å². The summed E-state index contributed by atoms with van der Waals surface area (Å²) in [6.07, 6.45) is 3.34. The molecule has 0 unspecified atom stereocenters. The second-order valence-electron chi connectivity index (χ2n) is 5.65. The summed E-state index contributed by atoms with van der Waals surface area (Å²) in [4.78, 5) is 8.69. The van der Waals surface area contributed by atoms with Crippen LogP contribution in [0.25, 0.3) is 27.4 Å². The quantitative estimate of drug-likeness (QED) is 0.381. The fourth-order valence-electron chi connectivity index (χ4n) is 2.82. The second-order valence-corrected chi connectivity index (χ2v) is 6.53. The van der Waals surface area contributed by atoms with Gasteiger partial charge in [-0.05, 0) is 29.7 Å². The zero-order valence-electron chi connectivity index (χ0n) is 15.8. The van der Waals surface area contributed by atoms with Gasteiger partial charge < -0.3 is 4.74 Å². The van der Waals surface area contributed by atoms with E-state index in [0.29, 0.717) is 5.88 Å². The molecule has 0 saturated heterocycles. The van der Waals surface area contributed by atoms with E-state index < -0.39 is 0 Å². The summed E-state index contributed by atoms with van der Waals surface area (Å²) in [6.45, 7) is 9.90. The van der Waals surface area contributed by atoms with Gasteiger partial charge in [0.1, 0.15) is 16.8 Å². The molecule has 0 spiro atoms. The molecule has 0 N–H and O–H groups in total. The highest BCUT2D eigenvalue weighted by Crippen LogP contribution is 2.36. The molecule has 4 aromatic rings. The summed E-state index contributed by atoms with van der Waals surface area (Å²) < 4.78 is 7.10. The van der Waals surface area contributed by atoms with Crippen molar-refractivity contribution >= 4 is 27.6 Å². The Kier molecular flexibility index (Phi) is 5.99. The Balaban J connectivity index is 0.00000102. The summed E-state index contributed by atoms with van der Waals surface area (Å²) in [5.74, 6) is 1.38. The molecule has 0 atom stereocenters. The van der Waals surface area contributed by atoms with Crippen molar-refractivity contribution < 1.29 is 4.74 Å². The maximum Gasteiger partial charge on any atom is 0.240 e. The van der Waals surface area contributed by atoms with Crippen LogP contribution in [0.15, 0.2) is 66.8 Å². The molecule has 4 rings (SSSR count). The van der Waals surface area contributed by atoms with Crippen LogP contribution in [0.4, 0.5) is 0 Å². The molecule has 0 aliphatic carbocycles. The third kappa shape index (κ3) is 3.76. The maximum absolute atomic E-state index is 6.17. The third-order valence-electron chi connectivity index (χ3n) is 4.14. The standard InChI is InChI=1S/C21H16N2OS.C2H6/c1-3-15-12-25-20-19(15)22-13-23-21(20)24-18-11-7-10-17(14(18)2)16-8-5-4-6-9-16;1-2/h3-13H,1H2,2H3;1-2H3. The van der Waals surface area contributed by atoms with Crippen LogP contribution >= 0.6 is 11.3 Å². The predicted molar refractivity (Wildman–Crippen MR) is 116 cm³/mol. The fourth-order valence-corrected chi connectivity index (χ4v) is 3.75. The lowest BCUT2D eigenvalue weighted by atomic mass is 10.00. The molecule has 2 heterocycles. The van der Waals surface area contributed by atoms with Crippen LogP contribution in [0.1, 0.15) is 25.0 Å². The minimum Gasteiger partial charge on any atom is -0.437 e. The zero-order valence-corrected chi connectivity index (χ0v) is 16.6. The lowest BCUT2D eigenvalue weighted by Crippen LogP contribution is -1.93. The molecule has 3 nitrogen and oxygen atoms in total. The van der Waals surface area contributed by atoms with Crippen LogP contribution in [0, 0.1) is 6.92 Å². The lowest BCUT2D eigenvalue weighted by molar-refractivity contribution is 0.466. The van der Waals surface area contributed by atoms with E-state index in [9.17, 15) is 0 Å². The Hall–Kier alpha value is -2.98. The molecule has 2 aromatic heterocycles. The molecule has 0 aliphatic heterocycles. The van der Waals surface area contributed by atoms with Gasteiger partial charge in [-0.2, -0.15) is 0 Å². The van der Waals surface area contributed by atoms with Crippen LogP contribution in [0.5, 0.6) is 11.6 Å². The van der Waals surface area contributed by atoms with Crippen molar-refractivity contribution in [2.75, 3.05) is 0 Å². The minimum absolute atomic E-state index is 0.580. The molecule has 0 radical (unpaired) electrons. The number of rotatable bonds is 4. The molecule has 0 fully saturated rings. The molecule has 0 saturated carbocycles. The normalized spacial score (nSPS) is 10.2. The van der Waals surface area contributed by atoms with Crippen molar-refractivity contribution in [1.82, 2.24) is 9.97 Å². The highest BCUT2D eigenvalue weighted by molar-refractivity contribution is 7.17. The first-order valence-electron chi connectivity index (χ1n) is 8.95. The van der Waals surface area contributed by atoms with Crippen molar-refractivity contribution in [1.29, 1.82) is 0 Å². The smallest absolute Gasteiger partial charge is 0.240 e. The van der Waals surface area contributed by atoms with E-state index in [4.69, 9.17) is 4.74 Å². The summed E-state index contributed by atoms with van der Waals surface area (Å²) in [5, 5.41) is 2.02. The Bertz CT molecular complexity index is 1050. The first-order valence-corrected chi connectivity index (χ1v) is 9.83. The largest absolute Gasteiger partial charge is 0.437 e. The number of benzene rings is 2. The SMILES string of the molecule is C=Cc1csc2c(Oc3cccc(-c4ccccc4)c3C)ncnc12.CC. The molecule has 27 heavy (non-hydrogen) atoms. The number of hydrogen-bond donors (Lipinski definition) is 0. The zero-order chi connectivity index (χ0) is 19.2. The third-order valence-corrected chi connectivity index (χ3v) is 5.12. The fraction of sp³-hybridized carbons (Fsp3) is 0.130. The van der Waals surface area contributed by atoms with Crippen molar-refractivity contribution in [3.63, 3.8) is 0 Å². The summed E-state index contributed by atoms with van der Waals surface area (Å²) >= 11 is 1.57. The number of hydrogen-bond acceptors (Lipinski definition) is 4. The van der Waals surface area contributed by atoms with E-state index >= 15 is 0 Å². The number of thiophene rings is 1. The van der Waals surface area contributed by atoms with E-state index in [-0.39, 0.29) is 0 Å². The predicted octanol–water partition coefficient (Wildman–Crippen LogP) is 7.13. The highest BCUT2D eigenvalue weighted by Gasteiger charge is 2.13. The summed E-state index contributed by atoms with van der Waals surface area (Å²) in [7, 11) is 0. The number of ether oxygens (including phenoxy) is 1. The van der Waals surface area contributed by atoms with Gasteiger partial charge in [0.25, 0.3) is 0 Å². The van der Waals surface area contributed by atoms with E-state index in [0.717, 1.165) is 32.7 Å². The van der Waals surface area contributed by atoms with Gasteiger partial charge in [-0.1, -0.05) is 69.0 Å². The molecular weight excluding hydrogens is 352 g/mol. The minimum atomic E-state index is 0.580. The van der Waals surface area contributed by atoms with Crippen LogP contribution in [-0.2, 0) is 0 Å². The Morgan fingerprint density at radius 3 is 2.52 bits per heavy atom. The van der Waals surface area contributed by atoms with Gasteiger partial charge in [0.15, 0.2) is 0 Å². The van der Waals surface area contributed by atoms with Gasteiger partial charge in [0, 0.05) is 10.9 Å². The van der Waals surface area contributed by atoms with Crippen molar-refractivity contribution in [2.24, 2.45) is 0 Å². The molecule has 4 heteroatoms. The Morgan fingerprint density at radius 2 is 1.78 bits per heavy atom. The Morgan fingerprint density at radius 1 is 1.00 bits per heavy atom. The average molecular weight is 375 g/mol. The van der Waals surface area contributed by atoms with Gasteiger partial charge in [-0.25, -0.2) is 9.97 Å². The molecule has 136 valence electrons. The van der Waals surface area contributed by atoms with Crippen LogP contribution in [0.3, 0.4) is 0 Å². The highest BCUT2D eigenvalue weighted by atomic mass is 32.1. The number of aromatic nitrogens is 2. The van der Waals surface area contributed by atoms with E-state index in [1.807, 2.05) is 49.6 Å². The van der Waals surface area contributed by atoms with Crippen LogP contribution < -0.4 is 4.74 Å². The first-order chi connectivity index (χ1) is 13.3. The Labute approximate surface area is 164 Å². The van der Waals surface area contributed by atoms with Gasteiger partial charge in [0.05, 0.1) is 5.52 Å². The molecular formula is C23H22N2OS. The lowest BCUT2D eigenvalue weighted by Gasteiger charge is -2.12. The second kappa shape index (κ2) is 8.60. The van der Waals surface area contributed by atoms with Crippen molar-refractivity contribution in [2.45, 2.75) is 20.8 Å². The number of fused-ring (bicyclic) bond motifs is 1. The molecule has 2 aromatic carbocycles. The monoisotopic (exact) mass is 374 g/mol. The van der Waals surface area contributed by atoms with E-state index in [1.54, 1.807) is 17.4 Å². The molecule has 0 amide bonds. The first kappa shape index (κ1) is 18.8. The summed E-state index contributed by atoms with van der Waals surface area (Å²) in [5.41, 5.74) is 5.29. The van der Waals surface area contributed by atoms with Crippen LogP contribution in [-0.4, -0.2) is 9.97 Å². The van der Waals surface area contributed by atoms with E-state index in [2.05, 4.69) is 41.7 Å². The topological polar surface area (TPSA) is 35.0 Å². The maximum atomic E-state index is 6.17. The average Bonchev–Trinajstić information content (AvgIpc) is 3.16. The van der Waals surface area contributed by atoms with Crippen molar-refractivity contribution in [3.8, 4) is 22.8 Å².